The molecule has 1 aliphatic carbocycles. The zero-order valence-corrected chi connectivity index (χ0v) is 20.8. The van der Waals surface area contributed by atoms with Crippen LogP contribution in [-0.4, -0.2) is 28.7 Å². The highest BCUT2D eigenvalue weighted by Crippen LogP contribution is 2.33. The zero-order valence-electron chi connectivity index (χ0n) is 19.1. The number of carbonyl (C=O) groups excluding carboxylic acids is 1. The molecule has 0 saturated carbocycles. The number of hydrogen-bond donors (Lipinski definition) is 1. The predicted molar refractivity (Wildman–Crippen MR) is 134 cm³/mol. The summed E-state index contributed by atoms with van der Waals surface area (Å²) in [5.74, 6) is 2.06. The van der Waals surface area contributed by atoms with Gasteiger partial charge in [-0.1, -0.05) is 25.1 Å². The van der Waals surface area contributed by atoms with E-state index in [0.717, 1.165) is 46.2 Å². The maximum absolute atomic E-state index is 12.7. The third-order valence-corrected chi connectivity index (χ3v) is 8.07. The topological polar surface area (TPSA) is 76.5 Å². The number of amides is 1. The number of ether oxygens (including phenoxy) is 1. The summed E-state index contributed by atoms with van der Waals surface area (Å²) in [6.45, 7) is 4.14. The third-order valence-electron chi connectivity index (χ3n) is 5.91. The number of methoxy groups -OCH3 is 1. The summed E-state index contributed by atoms with van der Waals surface area (Å²) < 4.78 is 5.52. The zero-order chi connectivity index (χ0) is 23.2. The van der Waals surface area contributed by atoms with Crippen molar-refractivity contribution in [2.24, 2.45) is 11.0 Å². The van der Waals surface area contributed by atoms with Crippen molar-refractivity contribution in [3.05, 3.63) is 69.2 Å². The van der Waals surface area contributed by atoms with Gasteiger partial charge in [-0.3, -0.25) is 4.79 Å². The summed E-state index contributed by atoms with van der Waals surface area (Å²) in [6.07, 6.45) is 8.04. The van der Waals surface area contributed by atoms with Gasteiger partial charge in [0, 0.05) is 28.6 Å². The van der Waals surface area contributed by atoms with Crippen molar-refractivity contribution in [3.8, 4) is 5.75 Å². The fourth-order valence-electron chi connectivity index (χ4n) is 3.93. The average Bonchev–Trinajstić information content (AvgIpc) is 3.29. The Kier molecular flexibility index (Phi) is 7.77. The number of thioether (sulfide) groups is 1. The highest BCUT2D eigenvalue weighted by Gasteiger charge is 2.22. The van der Waals surface area contributed by atoms with Gasteiger partial charge in [-0.05, 0) is 73.6 Å². The van der Waals surface area contributed by atoms with Crippen LogP contribution >= 0.6 is 23.1 Å². The lowest BCUT2D eigenvalue weighted by Crippen LogP contribution is -2.18. The van der Waals surface area contributed by atoms with Crippen molar-refractivity contribution in [2.75, 3.05) is 7.11 Å². The van der Waals surface area contributed by atoms with E-state index in [1.807, 2.05) is 25.1 Å². The van der Waals surface area contributed by atoms with E-state index in [2.05, 4.69) is 33.5 Å². The van der Waals surface area contributed by atoms with E-state index in [0.29, 0.717) is 10.9 Å². The summed E-state index contributed by atoms with van der Waals surface area (Å²) >= 11 is 3.15. The van der Waals surface area contributed by atoms with Gasteiger partial charge in [0.05, 0.1) is 17.7 Å². The Bertz CT molecular complexity index is 1140. The van der Waals surface area contributed by atoms with Crippen LogP contribution in [-0.2, 0) is 18.6 Å². The number of nitrogens with one attached hydrogen (secondary N) is 1. The molecule has 1 N–H and O–H groups in total. The standard InChI is InChI=1S/C25H28N4O2S2/c1-4-17-6-9-22-19(12-17)14-23(33-22)24(30)29-28-16(2)18-7-8-21(31-3)20(13-18)15-32-25-26-10-5-11-27-25/h5,7-8,10-11,13-14,17H,4,6,9,12,15H2,1-3H3,(H,29,30)/b28-16-. The first-order valence-electron chi connectivity index (χ1n) is 11.1. The molecule has 0 spiro atoms. The van der Waals surface area contributed by atoms with Gasteiger partial charge in [-0.2, -0.15) is 5.10 Å². The third kappa shape index (κ3) is 5.81. The van der Waals surface area contributed by atoms with Gasteiger partial charge in [-0.25, -0.2) is 15.4 Å². The Labute approximate surface area is 202 Å². The average molecular weight is 481 g/mol. The minimum Gasteiger partial charge on any atom is -0.496 e. The van der Waals surface area contributed by atoms with Gasteiger partial charge in [0.15, 0.2) is 5.16 Å². The first kappa shape index (κ1) is 23.4. The lowest BCUT2D eigenvalue weighted by atomic mass is 9.87. The highest BCUT2D eigenvalue weighted by molar-refractivity contribution is 7.98. The monoisotopic (exact) mass is 480 g/mol. The lowest BCUT2D eigenvalue weighted by Gasteiger charge is -2.19. The number of hydrazone groups is 1. The van der Waals surface area contributed by atoms with E-state index in [-0.39, 0.29) is 5.91 Å². The smallest absolute Gasteiger partial charge is 0.281 e. The number of aryl methyl sites for hydroxylation is 1. The molecule has 6 nitrogen and oxygen atoms in total. The first-order valence-corrected chi connectivity index (χ1v) is 12.9. The van der Waals surface area contributed by atoms with Crippen LogP contribution in [0.3, 0.4) is 0 Å². The van der Waals surface area contributed by atoms with E-state index >= 15 is 0 Å². The molecule has 33 heavy (non-hydrogen) atoms. The lowest BCUT2D eigenvalue weighted by molar-refractivity contribution is 0.0959. The van der Waals surface area contributed by atoms with Gasteiger partial charge < -0.3 is 4.74 Å². The number of rotatable bonds is 8. The minimum absolute atomic E-state index is 0.146. The number of thiophene rings is 1. The van der Waals surface area contributed by atoms with Crippen LogP contribution < -0.4 is 10.2 Å². The molecule has 4 rings (SSSR count). The van der Waals surface area contributed by atoms with Crippen molar-refractivity contribution in [3.63, 3.8) is 0 Å². The molecule has 0 radical (unpaired) electrons. The molecule has 1 atom stereocenters. The van der Waals surface area contributed by atoms with E-state index in [4.69, 9.17) is 4.74 Å². The molecule has 1 amide bonds. The summed E-state index contributed by atoms with van der Waals surface area (Å²) in [7, 11) is 1.66. The predicted octanol–water partition coefficient (Wildman–Crippen LogP) is 5.51. The Hall–Kier alpha value is -2.71. The molecule has 172 valence electrons. The van der Waals surface area contributed by atoms with Crippen LogP contribution in [0, 0.1) is 5.92 Å². The number of fused-ring (bicyclic) bond motifs is 1. The Morgan fingerprint density at radius 2 is 2.12 bits per heavy atom. The van der Waals surface area contributed by atoms with Gasteiger partial charge in [0.25, 0.3) is 5.91 Å². The second-order valence-electron chi connectivity index (χ2n) is 8.06. The Balaban J connectivity index is 1.44. The van der Waals surface area contributed by atoms with Crippen LogP contribution in [0.15, 0.2) is 53.0 Å². The van der Waals surface area contributed by atoms with Crippen molar-refractivity contribution in [1.82, 2.24) is 15.4 Å². The second-order valence-corrected chi connectivity index (χ2v) is 10.1. The minimum atomic E-state index is -0.146. The van der Waals surface area contributed by atoms with Crippen LogP contribution in [0.25, 0.3) is 0 Å². The molecule has 3 aromatic rings. The van der Waals surface area contributed by atoms with Gasteiger partial charge in [-0.15, -0.1) is 11.3 Å². The van der Waals surface area contributed by atoms with Crippen molar-refractivity contribution in [2.45, 2.75) is 50.4 Å². The molecular formula is C25H28N4O2S2. The maximum atomic E-state index is 12.7. The molecular weight excluding hydrogens is 452 g/mol. The summed E-state index contributed by atoms with van der Waals surface area (Å²) in [4.78, 5) is 23.3. The Morgan fingerprint density at radius 3 is 2.88 bits per heavy atom. The molecule has 1 unspecified atom stereocenters. The number of nitrogens with zero attached hydrogens (tertiary/aromatic N) is 3. The van der Waals surface area contributed by atoms with E-state index in [1.165, 1.54) is 23.3 Å². The van der Waals surface area contributed by atoms with Gasteiger partial charge >= 0.3 is 0 Å². The number of carbonyl (C=O) groups is 1. The van der Waals surface area contributed by atoms with E-state index in [9.17, 15) is 4.79 Å². The van der Waals surface area contributed by atoms with Gasteiger partial charge in [0.1, 0.15) is 5.75 Å². The molecule has 0 bridgehead atoms. The van der Waals surface area contributed by atoms with Crippen molar-refractivity contribution in [1.29, 1.82) is 0 Å². The van der Waals surface area contributed by atoms with Crippen LogP contribution in [0.5, 0.6) is 5.75 Å². The van der Waals surface area contributed by atoms with Crippen molar-refractivity contribution < 1.29 is 9.53 Å². The van der Waals surface area contributed by atoms with Crippen LogP contribution in [0.4, 0.5) is 0 Å². The molecule has 8 heteroatoms. The maximum Gasteiger partial charge on any atom is 0.281 e. The van der Waals surface area contributed by atoms with Gasteiger partial charge in [0.2, 0.25) is 0 Å². The fraction of sp³-hybridized carbons (Fsp3) is 0.360. The molecule has 0 fully saturated rings. The SMILES string of the molecule is CCC1CCc2sc(C(=O)N/N=C(/C)c3ccc(OC)c(CSc4ncccn4)c3)cc2C1. The first-order chi connectivity index (χ1) is 16.1. The second kappa shape index (κ2) is 10.9. The fourth-order valence-corrected chi connectivity index (χ4v) is 5.81. The molecule has 2 heterocycles. The number of hydrogen-bond acceptors (Lipinski definition) is 7. The van der Waals surface area contributed by atoms with Crippen LogP contribution in [0.2, 0.25) is 0 Å². The summed E-state index contributed by atoms with van der Waals surface area (Å²) in [6, 6.07) is 9.76. The Morgan fingerprint density at radius 1 is 1.30 bits per heavy atom. The summed E-state index contributed by atoms with van der Waals surface area (Å²) in [5, 5.41) is 5.09. The molecule has 1 aliphatic rings. The van der Waals surface area contributed by atoms with Crippen LogP contribution in [0.1, 0.15) is 57.9 Å². The number of benzene rings is 1. The quantitative estimate of drug-likeness (QED) is 0.199. The largest absolute Gasteiger partial charge is 0.496 e. The van der Waals surface area contributed by atoms with E-state index in [1.54, 1.807) is 48.7 Å². The van der Waals surface area contributed by atoms with Crippen molar-refractivity contribution >= 4 is 34.7 Å². The number of aromatic nitrogens is 2. The normalized spacial score (nSPS) is 15.7. The summed E-state index contributed by atoms with van der Waals surface area (Å²) in [5.41, 5.74) is 6.76. The highest BCUT2D eigenvalue weighted by atomic mass is 32.2. The molecule has 2 aromatic heterocycles. The molecule has 1 aromatic carbocycles. The molecule has 0 saturated heterocycles. The van der Waals surface area contributed by atoms with E-state index < -0.39 is 0 Å². The molecule has 0 aliphatic heterocycles.